The van der Waals surface area contributed by atoms with Gasteiger partial charge in [0.15, 0.2) is 0 Å². The molecule has 1 amide bonds. The number of alkyl halides is 3. The molecule has 0 fully saturated rings. The molecular weight excluding hydrogens is 187 g/mol. The molecule has 0 bridgehead atoms. The molecule has 0 radical (unpaired) electrons. The van der Waals surface area contributed by atoms with Crippen LogP contribution in [0, 0.1) is 5.92 Å². The molecule has 2 N–H and O–H groups in total. The summed E-state index contributed by atoms with van der Waals surface area (Å²) in [5.41, 5.74) is 0. The Morgan fingerprint density at radius 3 is 2.23 bits per heavy atom. The summed E-state index contributed by atoms with van der Waals surface area (Å²) in [6.45, 7) is 2.45. The number of nitrogens with one attached hydrogen (secondary N) is 1. The second kappa shape index (κ2) is 4.45. The maximum Gasteiger partial charge on any atom is 0.400 e. The Bertz CT molecular complexity index is 179. The lowest BCUT2D eigenvalue weighted by molar-refractivity contribution is -0.184. The van der Waals surface area contributed by atoms with Crippen molar-refractivity contribution in [1.29, 1.82) is 0 Å². The van der Waals surface area contributed by atoms with E-state index >= 15 is 0 Å². The van der Waals surface area contributed by atoms with Gasteiger partial charge in [0.25, 0.3) is 0 Å². The van der Waals surface area contributed by atoms with Gasteiger partial charge < -0.3 is 10.4 Å². The van der Waals surface area contributed by atoms with Gasteiger partial charge in [0.2, 0.25) is 5.91 Å². The predicted molar refractivity (Wildman–Crippen MR) is 39.7 cm³/mol. The van der Waals surface area contributed by atoms with Gasteiger partial charge in [0.1, 0.15) is 12.1 Å². The van der Waals surface area contributed by atoms with E-state index in [1.54, 1.807) is 5.32 Å². The highest BCUT2D eigenvalue weighted by atomic mass is 19.4. The average molecular weight is 199 g/mol. The number of hydrogen-bond acceptors (Lipinski definition) is 2. The molecule has 0 aliphatic rings. The summed E-state index contributed by atoms with van der Waals surface area (Å²) in [6, 6.07) is 0. The summed E-state index contributed by atoms with van der Waals surface area (Å²) in [6.07, 6.45) is -6.14. The smallest absolute Gasteiger partial charge is 0.374 e. The van der Waals surface area contributed by atoms with Gasteiger partial charge in [-0.15, -0.1) is 0 Å². The Labute approximate surface area is 73.9 Å². The molecule has 0 aromatic carbocycles. The first-order chi connectivity index (χ1) is 5.79. The van der Waals surface area contributed by atoms with Crippen LogP contribution in [0.25, 0.3) is 0 Å². The lowest BCUT2D eigenvalue weighted by Crippen LogP contribution is -2.42. The highest BCUT2D eigenvalue weighted by Gasteiger charge is 2.43. The first-order valence-electron chi connectivity index (χ1n) is 3.84. The monoisotopic (exact) mass is 199 g/mol. The second-order valence-corrected chi connectivity index (χ2v) is 2.69. The molecule has 0 rings (SSSR count). The Morgan fingerprint density at radius 2 is 2.00 bits per heavy atom. The molecule has 0 spiro atoms. The fourth-order valence-electron chi connectivity index (χ4n) is 0.872. The lowest BCUT2D eigenvalue weighted by atomic mass is 10.1. The van der Waals surface area contributed by atoms with Crippen LogP contribution in [0.1, 0.15) is 20.3 Å². The number of carbonyl (C=O) groups is 1. The van der Waals surface area contributed by atoms with Gasteiger partial charge in [-0.1, -0.05) is 6.92 Å². The van der Waals surface area contributed by atoms with Crippen molar-refractivity contribution in [2.75, 3.05) is 0 Å². The highest BCUT2D eigenvalue weighted by Crippen LogP contribution is 2.28. The lowest BCUT2D eigenvalue weighted by Gasteiger charge is -2.18. The summed E-state index contributed by atoms with van der Waals surface area (Å²) in [5.74, 6) is -3.23. The van der Waals surface area contributed by atoms with Crippen molar-refractivity contribution in [1.82, 2.24) is 5.32 Å². The summed E-state index contributed by atoms with van der Waals surface area (Å²) >= 11 is 0. The van der Waals surface area contributed by atoms with Crippen LogP contribution in [-0.4, -0.2) is 23.4 Å². The minimum absolute atomic E-state index is 0.331. The van der Waals surface area contributed by atoms with Gasteiger partial charge in [-0.2, -0.15) is 13.2 Å². The van der Waals surface area contributed by atoms with Crippen LogP contribution in [0.2, 0.25) is 0 Å². The van der Waals surface area contributed by atoms with Crippen molar-refractivity contribution in [3.05, 3.63) is 0 Å². The molecule has 0 aromatic rings. The number of amides is 1. The first-order valence-corrected chi connectivity index (χ1v) is 3.84. The molecule has 0 saturated carbocycles. The van der Waals surface area contributed by atoms with Crippen LogP contribution in [0.4, 0.5) is 13.2 Å². The standard InChI is InChI=1S/C7H12F3NO2/c1-3-5(7(8,9)10)6(13)11-4(2)12/h4-5,12H,3H2,1-2H3,(H,11,13). The summed E-state index contributed by atoms with van der Waals surface area (Å²) in [7, 11) is 0. The van der Waals surface area contributed by atoms with E-state index in [0.717, 1.165) is 0 Å². The number of aliphatic hydroxyl groups excluding tert-OH is 1. The summed E-state index contributed by atoms with van der Waals surface area (Å²) < 4.78 is 36.2. The van der Waals surface area contributed by atoms with Crippen molar-refractivity contribution < 1.29 is 23.1 Å². The average Bonchev–Trinajstić information content (AvgIpc) is 1.82. The van der Waals surface area contributed by atoms with Crippen LogP contribution in [0.5, 0.6) is 0 Å². The van der Waals surface area contributed by atoms with E-state index < -0.39 is 24.2 Å². The van der Waals surface area contributed by atoms with Crippen LogP contribution >= 0.6 is 0 Å². The second-order valence-electron chi connectivity index (χ2n) is 2.69. The Kier molecular flexibility index (Phi) is 4.19. The van der Waals surface area contributed by atoms with E-state index in [1.165, 1.54) is 13.8 Å². The van der Waals surface area contributed by atoms with Gasteiger partial charge in [0.05, 0.1) is 0 Å². The predicted octanol–water partition coefficient (Wildman–Crippen LogP) is 1.03. The van der Waals surface area contributed by atoms with E-state index in [1.807, 2.05) is 0 Å². The van der Waals surface area contributed by atoms with Gasteiger partial charge in [-0.25, -0.2) is 0 Å². The van der Waals surface area contributed by atoms with Crippen molar-refractivity contribution >= 4 is 5.91 Å². The Balaban J connectivity index is 4.33. The molecule has 78 valence electrons. The molecule has 2 atom stereocenters. The molecule has 0 heterocycles. The quantitative estimate of drug-likeness (QED) is 0.667. The number of hydrogen-bond donors (Lipinski definition) is 2. The zero-order chi connectivity index (χ0) is 10.6. The van der Waals surface area contributed by atoms with Crippen LogP contribution in [0.3, 0.4) is 0 Å². The number of halogens is 3. The molecule has 3 nitrogen and oxygen atoms in total. The molecule has 13 heavy (non-hydrogen) atoms. The molecule has 0 aliphatic carbocycles. The molecule has 0 saturated heterocycles. The third-order valence-electron chi connectivity index (χ3n) is 1.47. The molecule has 2 unspecified atom stereocenters. The van der Waals surface area contributed by atoms with Crippen molar-refractivity contribution in [3.8, 4) is 0 Å². The van der Waals surface area contributed by atoms with E-state index in [-0.39, 0.29) is 6.42 Å². The maximum absolute atomic E-state index is 12.1. The van der Waals surface area contributed by atoms with Crippen molar-refractivity contribution in [3.63, 3.8) is 0 Å². The van der Waals surface area contributed by atoms with Crippen LogP contribution in [0.15, 0.2) is 0 Å². The maximum atomic E-state index is 12.1. The molecule has 0 aromatic heterocycles. The highest BCUT2D eigenvalue weighted by molar-refractivity contribution is 5.79. The van der Waals surface area contributed by atoms with E-state index in [4.69, 9.17) is 5.11 Å². The minimum Gasteiger partial charge on any atom is -0.374 e. The largest absolute Gasteiger partial charge is 0.400 e. The van der Waals surface area contributed by atoms with Gasteiger partial charge in [-0.05, 0) is 13.3 Å². The Hall–Kier alpha value is -0.780. The third-order valence-corrected chi connectivity index (χ3v) is 1.47. The van der Waals surface area contributed by atoms with Crippen molar-refractivity contribution in [2.24, 2.45) is 5.92 Å². The zero-order valence-corrected chi connectivity index (χ0v) is 7.35. The molecule has 6 heteroatoms. The third kappa shape index (κ3) is 4.12. The molecular formula is C7H12F3NO2. The van der Waals surface area contributed by atoms with Crippen LogP contribution in [-0.2, 0) is 4.79 Å². The summed E-state index contributed by atoms with van der Waals surface area (Å²) in [5, 5.41) is 10.4. The SMILES string of the molecule is CCC(C(=O)NC(C)O)C(F)(F)F. The van der Waals surface area contributed by atoms with Crippen molar-refractivity contribution in [2.45, 2.75) is 32.7 Å². The topological polar surface area (TPSA) is 49.3 Å². The fourth-order valence-corrected chi connectivity index (χ4v) is 0.872. The van der Waals surface area contributed by atoms with Gasteiger partial charge in [0, 0.05) is 0 Å². The Morgan fingerprint density at radius 1 is 1.54 bits per heavy atom. The van der Waals surface area contributed by atoms with E-state index in [0.29, 0.717) is 0 Å². The number of carbonyl (C=O) groups excluding carboxylic acids is 1. The van der Waals surface area contributed by atoms with Gasteiger partial charge in [-0.3, -0.25) is 4.79 Å². The fraction of sp³-hybridized carbons (Fsp3) is 0.857. The normalized spacial score (nSPS) is 16.5. The van der Waals surface area contributed by atoms with E-state index in [9.17, 15) is 18.0 Å². The number of aliphatic hydroxyl groups is 1. The first kappa shape index (κ1) is 12.2. The van der Waals surface area contributed by atoms with Gasteiger partial charge >= 0.3 is 6.18 Å². The number of rotatable bonds is 3. The minimum atomic E-state index is -4.55. The van der Waals surface area contributed by atoms with E-state index in [2.05, 4.69) is 0 Å². The molecule has 0 aliphatic heterocycles. The summed E-state index contributed by atoms with van der Waals surface area (Å²) in [4.78, 5) is 10.8. The van der Waals surface area contributed by atoms with Crippen LogP contribution < -0.4 is 5.32 Å². The zero-order valence-electron chi connectivity index (χ0n) is 7.35.